The predicted octanol–water partition coefficient (Wildman–Crippen LogP) is 4.12. The van der Waals surface area contributed by atoms with E-state index in [1.165, 1.54) is 24.9 Å². The van der Waals surface area contributed by atoms with E-state index in [-0.39, 0.29) is 29.8 Å². The van der Waals surface area contributed by atoms with Gasteiger partial charge in [-0.2, -0.15) is 13.2 Å². The van der Waals surface area contributed by atoms with Crippen LogP contribution in [-0.4, -0.2) is 35.8 Å². The van der Waals surface area contributed by atoms with Gasteiger partial charge in [0.25, 0.3) is 0 Å². The summed E-state index contributed by atoms with van der Waals surface area (Å²) in [5, 5.41) is 2.77. The van der Waals surface area contributed by atoms with Crippen molar-refractivity contribution in [1.29, 1.82) is 0 Å². The Bertz CT molecular complexity index is 1240. The molecule has 2 aromatic carbocycles. The summed E-state index contributed by atoms with van der Waals surface area (Å²) in [6.07, 6.45) is -1.19. The van der Waals surface area contributed by atoms with Gasteiger partial charge in [-0.15, -0.1) is 0 Å². The molecule has 0 unspecified atom stereocenters. The average molecular weight is 477 g/mol. The van der Waals surface area contributed by atoms with E-state index in [1.807, 2.05) is 0 Å². The van der Waals surface area contributed by atoms with Crippen molar-refractivity contribution in [2.75, 3.05) is 14.2 Å². The van der Waals surface area contributed by atoms with Gasteiger partial charge < -0.3 is 14.8 Å². The maximum absolute atomic E-state index is 13.6. The minimum Gasteiger partial charge on any atom is -0.493 e. The molecule has 0 saturated heterocycles. The second kappa shape index (κ2) is 9.44. The lowest BCUT2D eigenvalue weighted by Crippen LogP contribution is -2.35. The summed E-state index contributed by atoms with van der Waals surface area (Å²) in [6.45, 7) is 0.0754. The third-order valence-electron chi connectivity index (χ3n) is 6.44. The normalized spacial score (nSPS) is 18.6. The maximum Gasteiger partial charge on any atom is 0.416 e. The molecule has 0 atom stereocenters. The Morgan fingerprint density at radius 1 is 1.00 bits per heavy atom. The van der Waals surface area contributed by atoms with Gasteiger partial charge >= 0.3 is 11.9 Å². The molecule has 3 aromatic rings. The number of hydrogen-bond donors (Lipinski definition) is 1. The molecule has 0 spiro atoms. The molecular weight excluding hydrogens is 451 g/mol. The zero-order valence-corrected chi connectivity index (χ0v) is 18.9. The van der Waals surface area contributed by atoms with Gasteiger partial charge in [0, 0.05) is 12.1 Å². The number of amides is 1. The topological polar surface area (TPSA) is 74.5 Å². The van der Waals surface area contributed by atoms with Gasteiger partial charge in [0.1, 0.15) is 0 Å². The Hall–Kier alpha value is -3.43. The molecule has 0 radical (unpaired) electrons. The number of ether oxygens (including phenoxy) is 2. The quantitative estimate of drug-likeness (QED) is 0.520. The summed E-state index contributed by atoms with van der Waals surface area (Å²) in [4.78, 5) is 24.3. The number of rotatable bonds is 7. The monoisotopic (exact) mass is 477 g/mol. The summed E-state index contributed by atoms with van der Waals surface area (Å²) in [5.74, 6) is 0.981. The van der Waals surface area contributed by atoms with Gasteiger partial charge in [0.05, 0.1) is 37.4 Å². The Morgan fingerprint density at radius 2 is 1.71 bits per heavy atom. The van der Waals surface area contributed by atoms with Crippen LogP contribution >= 0.6 is 0 Å². The Balaban J connectivity index is 1.79. The third kappa shape index (κ3) is 4.49. The van der Waals surface area contributed by atoms with Crippen LogP contribution in [0, 0.1) is 0 Å². The molecule has 10 heteroatoms. The fourth-order valence-electron chi connectivity index (χ4n) is 4.72. The van der Waals surface area contributed by atoms with Crippen LogP contribution in [0.1, 0.15) is 42.9 Å². The predicted molar refractivity (Wildman–Crippen MR) is 120 cm³/mol. The standard InChI is InChI=1S/C24H26F3N3O4/c1-33-21-10-3-15(11-22(21)34-2)13-29-20-12-16(24(25,26)27)4-9-19(20)30(23(29)32)18-7-5-17(6-8-18)28-14-31/h3-4,9-12,14,17-18H,5-8,13H2,1-2H3,(H,28,31)/t17-,18-. The molecule has 1 amide bonds. The van der Waals surface area contributed by atoms with Gasteiger partial charge in [-0.1, -0.05) is 6.07 Å². The number of halogens is 3. The molecule has 1 aliphatic rings. The Morgan fingerprint density at radius 3 is 2.32 bits per heavy atom. The summed E-state index contributed by atoms with van der Waals surface area (Å²) >= 11 is 0. The zero-order chi connectivity index (χ0) is 24.5. The number of carbonyl (C=O) groups excluding carboxylic acids is 1. The van der Waals surface area contributed by atoms with E-state index in [2.05, 4.69) is 5.32 Å². The van der Waals surface area contributed by atoms with Crippen molar-refractivity contribution in [2.24, 2.45) is 0 Å². The van der Waals surface area contributed by atoms with E-state index >= 15 is 0 Å². The first kappa shape index (κ1) is 23.7. The van der Waals surface area contributed by atoms with Crippen molar-refractivity contribution in [3.8, 4) is 11.5 Å². The molecule has 1 heterocycles. The lowest BCUT2D eigenvalue weighted by molar-refractivity contribution is -0.137. The van der Waals surface area contributed by atoms with Crippen LogP contribution in [0.4, 0.5) is 13.2 Å². The SMILES string of the molecule is COc1ccc(Cn2c(=O)n([C@H]3CC[C@H](NC=O)CC3)c3ccc(C(F)(F)F)cc32)cc1OC. The van der Waals surface area contributed by atoms with Gasteiger partial charge in [0.15, 0.2) is 11.5 Å². The number of alkyl halides is 3. The molecule has 1 saturated carbocycles. The summed E-state index contributed by atoms with van der Waals surface area (Å²) in [7, 11) is 3.00. The third-order valence-corrected chi connectivity index (χ3v) is 6.44. The number of nitrogens with one attached hydrogen (secondary N) is 1. The highest BCUT2D eigenvalue weighted by molar-refractivity contribution is 5.77. The summed E-state index contributed by atoms with van der Waals surface area (Å²) in [6, 6.07) is 8.46. The number of carbonyl (C=O) groups is 1. The average Bonchev–Trinajstić information content (AvgIpc) is 3.09. The first-order chi connectivity index (χ1) is 16.3. The number of aromatic nitrogens is 2. The van der Waals surface area contributed by atoms with Crippen molar-refractivity contribution in [2.45, 2.75) is 50.5 Å². The van der Waals surface area contributed by atoms with E-state index < -0.39 is 11.7 Å². The van der Waals surface area contributed by atoms with Crippen molar-refractivity contribution in [3.05, 3.63) is 58.0 Å². The first-order valence-corrected chi connectivity index (χ1v) is 11.0. The lowest BCUT2D eigenvalue weighted by Gasteiger charge is -2.28. The first-order valence-electron chi connectivity index (χ1n) is 11.0. The van der Waals surface area contributed by atoms with Crippen LogP contribution in [0.5, 0.6) is 11.5 Å². The van der Waals surface area contributed by atoms with E-state index in [9.17, 15) is 22.8 Å². The molecule has 0 bridgehead atoms. The van der Waals surface area contributed by atoms with Crippen LogP contribution in [-0.2, 0) is 17.5 Å². The van der Waals surface area contributed by atoms with Crippen molar-refractivity contribution in [1.82, 2.24) is 14.5 Å². The number of fused-ring (bicyclic) bond motifs is 1. The molecule has 4 rings (SSSR count). The van der Waals surface area contributed by atoms with Crippen molar-refractivity contribution >= 4 is 17.4 Å². The second-order valence-electron chi connectivity index (χ2n) is 8.42. The highest BCUT2D eigenvalue weighted by Gasteiger charge is 2.32. The molecule has 182 valence electrons. The highest BCUT2D eigenvalue weighted by Crippen LogP contribution is 2.35. The van der Waals surface area contributed by atoms with E-state index in [1.54, 1.807) is 22.8 Å². The van der Waals surface area contributed by atoms with Gasteiger partial charge in [-0.05, 0) is 61.6 Å². The van der Waals surface area contributed by atoms with Crippen molar-refractivity contribution in [3.63, 3.8) is 0 Å². The summed E-state index contributed by atoms with van der Waals surface area (Å²) < 4.78 is 54.0. The molecule has 1 aromatic heterocycles. The fourth-order valence-corrected chi connectivity index (χ4v) is 4.72. The second-order valence-corrected chi connectivity index (χ2v) is 8.42. The number of nitrogens with zero attached hydrogens (tertiary/aromatic N) is 2. The smallest absolute Gasteiger partial charge is 0.416 e. The summed E-state index contributed by atoms with van der Waals surface area (Å²) in [5.41, 5.74) is 0.205. The number of benzene rings is 2. The fraction of sp³-hybridized carbons (Fsp3) is 0.417. The van der Waals surface area contributed by atoms with Gasteiger partial charge in [-0.25, -0.2) is 4.79 Å². The van der Waals surface area contributed by atoms with Crippen LogP contribution < -0.4 is 20.5 Å². The van der Waals surface area contributed by atoms with E-state index in [0.717, 1.165) is 12.1 Å². The highest BCUT2D eigenvalue weighted by atomic mass is 19.4. The Kier molecular flexibility index (Phi) is 6.58. The van der Waals surface area contributed by atoms with Crippen LogP contribution in [0.15, 0.2) is 41.2 Å². The Labute approximate surface area is 194 Å². The zero-order valence-electron chi connectivity index (χ0n) is 18.9. The molecule has 1 N–H and O–H groups in total. The number of imidazole rings is 1. The minimum atomic E-state index is -4.53. The van der Waals surface area contributed by atoms with E-state index in [4.69, 9.17) is 9.47 Å². The van der Waals surface area contributed by atoms with Crippen molar-refractivity contribution < 1.29 is 27.4 Å². The molecule has 1 aliphatic carbocycles. The molecule has 0 aliphatic heterocycles. The molecule has 34 heavy (non-hydrogen) atoms. The largest absolute Gasteiger partial charge is 0.493 e. The van der Waals surface area contributed by atoms with Gasteiger partial charge in [-0.3, -0.25) is 13.9 Å². The van der Waals surface area contributed by atoms with Crippen LogP contribution in [0.25, 0.3) is 11.0 Å². The minimum absolute atomic E-state index is 0.0430. The molecule has 7 nitrogen and oxygen atoms in total. The van der Waals surface area contributed by atoms with Gasteiger partial charge in [0.2, 0.25) is 6.41 Å². The van der Waals surface area contributed by atoms with Crippen LogP contribution in [0.3, 0.4) is 0 Å². The maximum atomic E-state index is 13.6. The van der Waals surface area contributed by atoms with Crippen LogP contribution in [0.2, 0.25) is 0 Å². The number of hydrogen-bond acceptors (Lipinski definition) is 4. The molecule has 1 fully saturated rings. The number of methoxy groups -OCH3 is 2. The van der Waals surface area contributed by atoms with E-state index in [0.29, 0.717) is 54.7 Å². The lowest BCUT2D eigenvalue weighted by atomic mass is 9.91. The molecular formula is C24H26F3N3O4.